The van der Waals surface area contributed by atoms with Gasteiger partial charge in [-0.2, -0.15) is 0 Å². The predicted molar refractivity (Wildman–Crippen MR) is 42.6 cm³/mol. The number of hydrogen-bond donors (Lipinski definition) is 4. The van der Waals surface area contributed by atoms with Crippen LogP contribution in [0, 0.1) is 0 Å². The monoisotopic (exact) mass is 206 g/mol. The SMILES string of the molecule is CC(C)(NP(=O)(O)O)C(=O)O.[Na]. The van der Waals surface area contributed by atoms with E-state index in [0.29, 0.717) is 0 Å². The van der Waals surface area contributed by atoms with E-state index in [1.807, 2.05) is 0 Å². The number of carboxylic acid groups (broad SMARTS) is 1. The molecule has 6 nitrogen and oxygen atoms in total. The number of hydrogen-bond acceptors (Lipinski definition) is 2. The first-order valence-electron chi connectivity index (χ1n) is 2.73. The van der Waals surface area contributed by atoms with Gasteiger partial charge in [-0.3, -0.25) is 4.79 Å². The number of rotatable bonds is 3. The van der Waals surface area contributed by atoms with Crippen LogP contribution in [-0.2, 0) is 9.36 Å². The van der Waals surface area contributed by atoms with Crippen LogP contribution < -0.4 is 5.09 Å². The first-order valence-corrected chi connectivity index (χ1v) is 4.35. The molecule has 67 valence electrons. The summed E-state index contributed by atoms with van der Waals surface area (Å²) in [5.41, 5.74) is -1.61. The first kappa shape index (κ1) is 15.1. The number of carboxylic acids is 1. The zero-order valence-corrected chi connectivity index (χ0v) is 10.00. The van der Waals surface area contributed by atoms with Crippen LogP contribution in [-0.4, -0.2) is 56.0 Å². The van der Waals surface area contributed by atoms with Crippen molar-refractivity contribution in [3.05, 3.63) is 0 Å². The Labute approximate surface area is 91.9 Å². The quantitative estimate of drug-likeness (QED) is 0.354. The Kier molecular flexibility index (Phi) is 5.92. The average Bonchev–Trinajstić information content (AvgIpc) is 1.56. The Hall–Kier alpha value is 0.580. The number of nitrogens with one attached hydrogen (secondary N) is 1. The molecule has 0 aliphatic rings. The number of aliphatic carboxylic acids is 1. The molecule has 0 amide bonds. The van der Waals surface area contributed by atoms with Gasteiger partial charge in [0.05, 0.1) is 0 Å². The third-order valence-corrected chi connectivity index (χ3v) is 1.81. The summed E-state index contributed by atoms with van der Waals surface area (Å²) in [6.07, 6.45) is 0. The second-order valence-corrected chi connectivity index (χ2v) is 3.90. The van der Waals surface area contributed by atoms with Crippen molar-refractivity contribution in [2.24, 2.45) is 0 Å². The molecule has 0 unspecified atom stereocenters. The molecule has 0 aliphatic carbocycles. The van der Waals surface area contributed by atoms with Crippen LogP contribution in [0.15, 0.2) is 0 Å². The number of carbonyl (C=O) groups is 1. The molecule has 0 saturated carbocycles. The van der Waals surface area contributed by atoms with Crippen molar-refractivity contribution in [3.63, 3.8) is 0 Å². The molecule has 0 bridgehead atoms. The summed E-state index contributed by atoms with van der Waals surface area (Å²) >= 11 is 0. The van der Waals surface area contributed by atoms with Gasteiger partial charge in [-0.05, 0) is 13.8 Å². The topological polar surface area (TPSA) is 107 Å². The van der Waals surface area contributed by atoms with Crippen molar-refractivity contribution < 1.29 is 24.3 Å². The van der Waals surface area contributed by atoms with Gasteiger partial charge in [0.1, 0.15) is 5.54 Å². The van der Waals surface area contributed by atoms with Gasteiger partial charge in [-0.25, -0.2) is 9.65 Å². The maximum atomic E-state index is 10.3. The summed E-state index contributed by atoms with van der Waals surface area (Å²) in [4.78, 5) is 27.0. The molecule has 0 fully saturated rings. The summed E-state index contributed by atoms with van der Waals surface area (Å²) in [6, 6.07) is 0. The minimum absolute atomic E-state index is 0. The Morgan fingerprint density at radius 2 is 1.75 bits per heavy atom. The Balaban J connectivity index is 0. The van der Waals surface area contributed by atoms with E-state index < -0.39 is 19.3 Å². The largest absolute Gasteiger partial charge is 0.480 e. The molecule has 8 heteroatoms. The van der Waals surface area contributed by atoms with E-state index in [2.05, 4.69) is 0 Å². The fourth-order valence-corrected chi connectivity index (χ4v) is 1.24. The minimum Gasteiger partial charge on any atom is -0.480 e. The third-order valence-electron chi connectivity index (χ3n) is 0.960. The van der Waals surface area contributed by atoms with Crippen LogP contribution in [0.4, 0.5) is 0 Å². The molecule has 0 aliphatic heterocycles. The van der Waals surface area contributed by atoms with Gasteiger partial charge in [-0.1, -0.05) is 0 Å². The summed E-state index contributed by atoms with van der Waals surface area (Å²) in [5.74, 6) is -1.32. The van der Waals surface area contributed by atoms with Crippen LogP contribution >= 0.6 is 7.75 Å². The zero-order chi connectivity index (χ0) is 9.28. The van der Waals surface area contributed by atoms with Gasteiger partial charge in [0.25, 0.3) is 0 Å². The Morgan fingerprint density at radius 1 is 1.42 bits per heavy atom. The maximum Gasteiger partial charge on any atom is 0.401 e. The molecule has 1 radical (unpaired) electrons. The summed E-state index contributed by atoms with van der Waals surface area (Å²) in [7, 11) is -4.47. The van der Waals surface area contributed by atoms with Gasteiger partial charge >= 0.3 is 13.7 Å². The van der Waals surface area contributed by atoms with Crippen molar-refractivity contribution in [2.75, 3.05) is 0 Å². The standard InChI is InChI=1S/C4H10NO5P.Na/c1-4(2,3(6)7)5-11(8,9)10;/h1-2H3,(H,6,7)(H3,5,8,9,10);. The zero-order valence-electron chi connectivity index (χ0n) is 7.11. The average molecular weight is 206 g/mol. The van der Waals surface area contributed by atoms with Gasteiger partial charge in [0.2, 0.25) is 0 Å². The fraction of sp³-hybridized carbons (Fsp3) is 0.750. The van der Waals surface area contributed by atoms with Gasteiger partial charge in [0, 0.05) is 29.6 Å². The molecule has 0 spiro atoms. The normalized spacial score (nSPS) is 12.0. The second kappa shape index (κ2) is 4.72. The van der Waals surface area contributed by atoms with E-state index in [4.69, 9.17) is 14.9 Å². The van der Waals surface area contributed by atoms with E-state index in [0.717, 1.165) is 13.8 Å². The van der Waals surface area contributed by atoms with E-state index in [1.165, 1.54) is 0 Å². The summed E-state index contributed by atoms with van der Waals surface area (Å²) in [5, 5.41) is 10.1. The van der Waals surface area contributed by atoms with Crippen LogP contribution in [0.3, 0.4) is 0 Å². The predicted octanol–water partition coefficient (Wildman–Crippen LogP) is -0.849. The molecule has 0 heterocycles. The summed E-state index contributed by atoms with van der Waals surface area (Å²) in [6.45, 7) is 2.32. The smallest absolute Gasteiger partial charge is 0.401 e. The van der Waals surface area contributed by atoms with Gasteiger partial charge < -0.3 is 14.9 Å². The van der Waals surface area contributed by atoms with Crippen molar-refractivity contribution in [3.8, 4) is 0 Å². The van der Waals surface area contributed by atoms with Crippen LogP contribution in [0.1, 0.15) is 13.8 Å². The van der Waals surface area contributed by atoms with Crippen LogP contribution in [0.5, 0.6) is 0 Å². The van der Waals surface area contributed by atoms with E-state index in [1.54, 1.807) is 5.09 Å². The third kappa shape index (κ3) is 6.14. The molecular weight excluding hydrogens is 196 g/mol. The molecule has 0 saturated heterocycles. The minimum atomic E-state index is -4.47. The van der Waals surface area contributed by atoms with Crippen molar-refractivity contribution in [1.82, 2.24) is 5.09 Å². The Bertz CT molecular complexity index is 211. The van der Waals surface area contributed by atoms with Crippen molar-refractivity contribution in [2.45, 2.75) is 19.4 Å². The Morgan fingerprint density at radius 3 is 1.83 bits per heavy atom. The molecule has 12 heavy (non-hydrogen) atoms. The van der Waals surface area contributed by atoms with E-state index >= 15 is 0 Å². The van der Waals surface area contributed by atoms with E-state index in [9.17, 15) is 9.36 Å². The molecule has 0 atom stereocenters. The molecule has 0 rings (SSSR count). The fourth-order valence-electron chi connectivity index (χ4n) is 0.412. The van der Waals surface area contributed by atoms with Gasteiger partial charge in [0.15, 0.2) is 0 Å². The van der Waals surface area contributed by atoms with Crippen LogP contribution in [0.2, 0.25) is 0 Å². The summed E-state index contributed by atoms with van der Waals surface area (Å²) < 4.78 is 10.3. The maximum absolute atomic E-state index is 10.3. The first-order chi connectivity index (χ1) is 4.65. The molecule has 4 N–H and O–H groups in total. The van der Waals surface area contributed by atoms with Crippen molar-refractivity contribution in [1.29, 1.82) is 0 Å². The van der Waals surface area contributed by atoms with Crippen molar-refractivity contribution >= 4 is 43.3 Å². The van der Waals surface area contributed by atoms with Crippen LogP contribution in [0.25, 0.3) is 0 Å². The molecule has 0 aromatic rings. The molecular formula is C4H10NNaO5P. The van der Waals surface area contributed by atoms with Gasteiger partial charge in [-0.15, -0.1) is 0 Å². The second-order valence-electron chi connectivity index (χ2n) is 2.59. The molecule has 0 aromatic carbocycles. The van der Waals surface area contributed by atoms with E-state index in [-0.39, 0.29) is 29.6 Å². The molecule has 0 aromatic heterocycles.